The van der Waals surface area contributed by atoms with Crippen molar-refractivity contribution in [3.8, 4) is 10.4 Å². The third-order valence-electron chi connectivity index (χ3n) is 4.89. The van der Waals surface area contributed by atoms with Gasteiger partial charge in [-0.2, -0.15) is 5.10 Å². The lowest BCUT2D eigenvalue weighted by molar-refractivity contribution is 0.0602. The summed E-state index contributed by atoms with van der Waals surface area (Å²) in [6.45, 7) is 2.59. The van der Waals surface area contributed by atoms with Gasteiger partial charge in [0.25, 0.3) is 0 Å². The second-order valence-electron chi connectivity index (χ2n) is 7.25. The maximum absolute atomic E-state index is 12.3. The van der Waals surface area contributed by atoms with Gasteiger partial charge in [-0.3, -0.25) is 4.68 Å². The number of methoxy groups -OCH3 is 1. The third kappa shape index (κ3) is 5.60. The molecule has 6 nitrogen and oxygen atoms in total. The molecule has 33 heavy (non-hydrogen) atoms. The lowest BCUT2D eigenvalue weighted by atomic mass is 10.1. The number of halogens is 1. The summed E-state index contributed by atoms with van der Waals surface area (Å²) >= 11 is 12.9. The molecule has 4 aromatic rings. The first kappa shape index (κ1) is 23.0. The molecule has 0 radical (unpaired) electrons. The SMILES string of the molecule is COC(=O)c1cc(-c2ccccc2)sc1NC(=S)Nc1cc(C)n(Cc2ccc(Cl)cc2)n1. The zero-order valence-corrected chi connectivity index (χ0v) is 20.4. The van der Waals surface area contributed by atoms with Crippen LogP contribution < -0.4 is 10.6 Å². The first-order valence-electron chi connectivity index (χ1n) is 10.1. The zero-order valence-electron chi connectivity index (χ0n) is 18.0. The van der Waals surface area contributed by atoms with Crippen molar-refractivity contribution in [2.24, 2.45) is 0 Å². The Bertz CT molecular complexity index is 1280. The number of aromatic nitrogens is 2. The van der Waals surface area contributed by atoms with Crippen molar-refractivity contribution in [3.63, 3.8) is 0 Å². The number of thiocarbonyl (C=S) groups is 1. The summed E-state index contributed by atoms with van der Waals surface area (Å²) in [6.07, 6.45) is 0. The van der Waals surface area contributed by atoms with Gasteiger partial charge in [-0.1, -0.05) is 54.1 Å². The highest BCUT2D eigenvalue weighted by molar-refractivity contribution is 7.80. The minimum absolute atomic E-state index is 0.331. The summed E-state index contributed by atoms with van der Waals surface area (Å²) in [6, 6.07) is 21.2. The summed E-state index contributed by atoms with van der Waals surface area (Å²) in [5, 5.41) is 12.5. The van der Waals surface area contributed by atoms with Crippen molar-refractivity contribution in [3.05, 3.63) is 88.6 Å². The van der Waals surface area contributed by atoms with Crippen LogP contribution >= 0.6 is 35.2 Å². The number of hydrogen-bond acceptors (Lipinski definition) is 5. The van der Waals surface area contributed by atoms with Gasteiger partial charge in [-0.05, 0) is 48.5 Å². The molecule has 0 bridgehead atoms. The lowest BCUT2D eigenvalue weighted by Crippen LogP contribution is -2.20. The second-order valence-corrected chi connectivity index (χ2v) is 9.14. The number of aryl methyl sites for hydroxylation is 1. The van der Waals surface area contributed by atoms with E-state index in [1.165, 1.54) is 18.4 Å². The molecule has 2 aromatic carbocycles. The van der Waals surface area contributed by atoms with Crippen LogP contribution in [0.5, 0.6) is 0 Å². The van der Waals surface area contributed by atoms with E-state index in [1.54, 1.807) is 0 Å². The normalized spacial score (nSPS) is 10.6. The molecule has 0 saturated carbocycles. The van der Waals surface area contributed by atoms with Gasteiger partial charge in [0.15, 0.2) is 10.9 Å². The summed E-state index contributed by atoms with van der Waals surface area (Å²) < 4.78 is 6.83. The average Bonchev–Trinajstić information content (AvgIpc) is 3.38. The molecule has 0 aliphatic carbocycles. The molecule has 4 rings (SSSR count). The number of benzene rings is 2. The smallest absolute Gasteiger partial charge is 0.340 e. The summed E-state index contributed by atoms with van der Waals surface area (Å²) in [5.41, 5.74) is 3.51. The number of carbonyl (C=O) groups excluding carboxylic acids is 1. The predicted molar refractivity (Wildman–Crippen MR) is 138 cm³/mol. The van der Waals surface area contributed by atoms with Crippen LogP contribution in [-0.2, 0) is 11.3 Å². The van der Waals surface area contributed by atoms with E-state index >= 15 is 0 Å². The Labute approximate surface area is 206 Å². The van der Waals surface area contributed by atoms with Gasteiger partial charge in [0.2, 0.25) is 0 Å². The molecule has 0 aliphatic heterocycles. The molecule has 0 atom stereocenters. The Morgan fingerprint density at radius 3 is 2.55 bits per heavy atom. The van der Waals surface area contributed by atoms with Crippen LogP contribution in [0.4, 0.5) is 10.8 Å². The number of anilines is 2. The highest BCUT2D eigenvalue weighted by Crippen LogP contribution is 2.36. The largest absolute Gasteiger partial charge is 0.465 e. The lowest BCUT2D eigenvalue weighted by Gasteiger charge is -2.08. The predicted octanol–water partition coefficient (Wildman–Crippen LogP) is 6.22. The van der Waals surface area contributed by atoms with Crippen LogP contribution in [0.1, 0.15) is 21.6 Å². The van der Waals surface area contributed by atoms with E-state index in [4.69, 9.17) is 28.6 Å². The van der Waals surface area contributed by atoms with Gasteiger partial charge in [0.05, 0.1) is 19.2 Å². The fourth-order valence-electron chi connectivity index (χ4n) is 3.23. The van der Waals surface area contributed by atoms with Crippen molar-refractivity contribution in [2.45, 2.75) is 13.5 Å². The highest BCUT2D eigenvalue weighted by Gasteiger charge is 2.19. The van der Waals surface area contributed by atoms with E-state index in [-0.39, 0.29) is 0 Å². The Balaban J connectivity index is 1.49. The molecular weight excluding hydrogens is 476 g/mol. The minimum atomic E-state index is -0.429. The molecule has 0 saturated heterocycles. The molecular formula is C24H21ClN4O2S2. The number of thiophene rings is 1. The number of nitrogens with one attached hydrogen (secondary N) is 2. The van der Waals surface area contributed by atoms with Crippen LogP contribution in [0.2, 0.25) is 5.02 Å². The summed E-state index contributed by atoms with van der Waals surface area (Å²) in [4.78, 5) is 13.3. The fourth-order valence-corrected chi connectivity index (χ4v) is 4.69. The summed E-state index contributed by atoms with van der Waals surface area (Å²) in [5.74, 6) is 0.181. The van der Waals surface area contributed by atoms with Gasteiger partial charge >= 0.3 is 5.97 Å². The van der Waals surface area contributed by atoms with Crippen molar-refractivity contribution < 1.29 is 9.53 Å². The van der Waals surface area contributed by atoms with E-state index in [9.17, 15) is 4.79 Å². The first-order valence-corrected chi connectivity index (χ1v) is 11.7. The molecule has 2 aromatic heterocycles. The van der Waals surface area contributed by atoms with Crippen molar-refractivity contribution in [2.75, 3.05) is 17.7 Å². The number of carbonyl (C=O) groups is 1. The average molecular weight is 497 g/mol. The van der Waals surface area contributed by atoms with Crippen LogP contribution in [-0.4, -0.2) is 28.0 Å². The second kappa shape index (κ2) is 10.2. The molecule has 0 aliphatic rings. The molecule has 2 N–H and O–H groups in total. The number of hydrogen-bond donors (Lipinski definition) is 2. The van der Waals surface area contributed by atoms with Crippen molar-refractivity contribution in [1.82, 2.24) is 9.78 Å². The number of rotatable bonds is 6. The van der Waals surface area contributed by atoms with Crippen LogP contribution in [0.15, 0.2) is 66.7 Å². The zero-order chi connectivity index (χ0) is 23.4. The standard InChI is InChI=1S/C24H21ClN4O2S2/c1-15-12-21(28-29(15)14-16-8-10-18(25)11-9-16)26-24(32)27-22-19(23(30)31-2)13-20(33-22)17-6-4-3-5-7-17/h3-13H,14H2,1-2H3,(H2,26,27,28,32). The van der Waals surface area contributed by atoms with Crippen LogP contribution in [0.25, 0.3) is 10.4 Å². The van der Waals surface area contributed by atoms with E-state index in [0.29, 0.717) is 33.1 Å². The molecule has 2 heterocycles. The Morgan fingerprint density at radius 2 is 1.85 bits per heavy atom. The quantitative estimate of drug-likeness (QED) is 0.244. The van der Waals surface area contributed by atoms with E-state index in [0.717, 1.165) is 21.7 Å². The first-order chi connectivity index (χ1) is 15.9. The summed E-state index contributed by atoms with van der Waals surface area (Å²) in [7, 11) is 1.36. The molecule has 0 spiro atoms. The maximum Gasteiger partial charge on any atom is 0.340 e. The molecule has 0 amide bonds. The van der Waals surface area contributed by atoms with Crippen LogP contribution in [0, 0.1) is 6.92 Å². The monoisotopic (exact) mass is 496 g/mol. The Morgan fingerprint density at radius 1 is 1.12 bits per heavy atom. The van der Waals surface area contributed by atoms with Crippen LogP contribution in [0.3, 0.4) is 0 Å². The fraction of sp³-hybridized carbons (Fsp3) is 0.125. The Hall–Kier alpha value is -3.20. The van der Waals surface area contributed by atoms with Crippen molar-refractivity contribution >= 4 is 57.1 Å². The highest BCUT2D eigenvalue weighted by atomic mass is 35.5. The van der Waals surface area contributed by atoms with Gasteiger partial charge in [0, 0.05) is 21.7 Å². The topological polar surface area (TPSA) is 68.2 Å². The number of esters is 1. The third-order valence-corrected chi connectivity index (χ3v) is 6.45. The van der Waals surface area contributed by atoms with Gasteiger partial charge < -0.3 is 15.4 Å². The molecule has 0 fully saturated rings. The molecule has 0 unspecified atom stereocenters. The van der Waals surface area contributed by atoms with E-state index in [1.807, 2.05) is 78.3 Å². The van der Waals surface area contributed by atoms with Gasteiger partial charge in [-0.25, -0.2) is 4.79 Å². The molecule has 168 valence electrons. The number of ether oxygens (including phenoxy) is 1. The van der Waals surface area contributed by atoms with Gasteiger partial charge in [0.1, 0.15) is 5.00 Å². The van der Waals surface area contributed by atoms with Gasteiger partial charge in [-0.15, -0.1) is 11.3 Å². The van der Waals surface area contributed by atoms with E-state index in [2.05, 4.69) is 15.7 Å². The molecule has 9 heteroatoms. The Kier molecular flexibility index (Phi) is 7.08. The number of nitrogens with zero attached hydrogens (tertiary/aromatic N) is 2. The van der Waals surface area contributed by atoms with Crippen molar-refractivity contribution in [1.29, 1.82) is 0 Å². The minimum Gasteiger partial charge on any atom is -0.465 e. The van der Waals surface area contributed by atoms with E-state index < -0.39 is 5.97 Å². The maximum atomic E-state index is 12.3.